The Bertz CT molecular complexity index is 634. The maximum absolute atomic E-state index is 11.9. The van der Waals surface area contributed by atoms with Gasteiger partial charge in [-0.15, -0.1) is 12.4 Å². The van der Waals surface area contributed by atoms with Crippen molar-refractivity contribution in [3.8, 4) is 0 Å². The van der Waals surface area contributed by atoms with Crippen molar-refractivity contribution in [1.29, 1.82) is 0 Å². The number of aryl methyl sites for hydroxylation is 2. The fraction of sp³-hybridized carbons (Fsp3) is 0.278. The van der Waals surface area contributed by atoms with Crippen LogP contribution >= 0.6 is 28.3 Å². The van der Waals surface area contributed by atoms with Gasteiger partial charge in [-0.05, 0) is 36.1 Å². The van der Waals surface area contributed by atoms with Crippen LogP contribution in [0, 0.1) is 6.92 Å². The zero-order valence-corrected chi connectivity index (χ0v) is 15.5. The third kappa shape index (κ3) is 6.34. The molecule has 0 saturated carbocycles. The summed E-state index contributed by atoms with van der Waals surface area (Å²) in [5.41, 5.74) is 9.45. The molecule has 2 aromatic rings. The van der Waals surface area contributed by atoms with Crippen LogP contribution in [0.2, 0.25) is 0 Å². The summed E-state index contributed by atoms with van der Waals surface area (Å²) in [5.74, 6) is 0.0342. The highest BCUT2D eigenvalue weighted by Gasteiger charge is 2.08. The minimum absolute atomic E-state index is 0. The first-order chi connectivity index (χ1) is 10.6. The van der Waals surface area contributed by atoms with Crippen molar-refractivity contribution < 1.29 is 4.79 Å². The lowest BCUT2D eigenvalue weighted by Crippen LogP contribution is -2.32. The van der Waals surface area contributed by atoms with Crippen molar-refractivity contribution in [3.63, 3.8) is 0 Å². The smallest absolute Gasteiger partial charge is 0.220 e. The third-order valence-electron chi connectivity index (χ3n) is 3.61. The molecule has 1 amide bonds. The maximum Gasteiger partial charge on any atom is 0.220 e. The van der Waals surface area contributed by atoms with Gasteiger partial charge in [-0.1, -0.05) is 58.4 Å². The van der Waals surface area contributed by atoms with Crippen molar-refractivity contribution in [3.05, 3.63) is 69.7 Å². The molecule has 0 spiro atoms. The van der Waals surface area contributed by atoms with Crippen molar-refractivity contribution in [2.24, 2.45) is 5.73 Å². The van der Waals surface area contributed by atoms with Gasteiger partial charge >= 0.3 is 0 Å². The Balaban J connectivity index is 0.00000264. The number of carbonyl (C=O) groups is 1. The summed E-state index contributed by atoms with van der Waals surface area (Å²) in [6, 6.07) is 15.8. The van der Waals surface area contributed by atoms with Gasteiger partial charge in [0.2, 0.25) is 5.91 Å². The molecule has 2 aromatic carbocycles. The predicted molar refractivity (Wildman–Crippen MR) is 101 cm³/mol. The fourth-order valence-electron chi connectivity index (χ4n) is 2.25. The first-order valence-corrected chi connectivity index (χ1v) is 8.18. The van der Waals surface area contributed by atoms with Gasteiger partial charge in [-0.2, -0.15) is 0 Å². The molecule has 5 heteroatoms. The second-order valence-electron chi connectivity index (χ2n) is 5.40. The Labute approximate surface area is 152 Å². The molecule has 3 N–H and O–H groups in total. The second-order valence-corrected chi connectivity index (χ2v) is 6.26. The molecule has 1 atom stereocenters. The van der Waals surface area contributed by atoms with Crippen LogP contribution in [0.15, 0.2) is 53.0 Å². The summed E-state index contributed by atoms with van der Waals surface area (Å²) in [7, 11) is 0. The maximum atomic E-state index is 11.9. The number of halogens is 2. The van der Waals surface area contributed by atoms with E-state index in [4.69, 9.17) is 5.73 Å². The Morgan fingerprint density at radius 2 is 1.91 bits per heavy atom. The first-order valence-electron chi connectivity index (χ1n) is 7.38. The van der Waals surface area contributed by atoms with Gasteiger partial charge in [0, 0.05) is 23.5 Å². The Morgan fingerprint density at radius 3 is 2.57 bits per heavy atom. The molecule has 0 saturated heterocycles. The molecule has 0 radical (unpaired) electrons. The number of hydrogen-bond acceptors (Lipinski definition) is 2. The quantitative estimate of drug-likeness (QED) is 0.776. The molecule has 1 unspecified atom stereocenters. The highest BCUT2D eigenvalue weighted by Crippen LogP contribution is 2.18. The Morgan fingerprint density at radius 1 is 1.22 bits per heavy atom. The second kappa shape index (κ2) is 9.71. The molecule has 0 fully saturated rings. The lowest BCUT2D eigenvalue weighted by Gasteiger charge is -2.13. The molecule has 0 aromatic heterocycles. The average molecular weight is 398 g/mol. The van der Waals surface area contributed by atoms with Crippen molar-refractivity contribution >= 4 is 34.2 Å². The van der Waals surface area contributed by atoms with Gasteiger partial charge in [-0.3, -0.25) is 4.79 Å². The lowest BCUT2D eigenvalue weighted by molar-refractivity contribution is -0.121. The van der Waals surface area contributed by atoms with Gasteiger partial charge in [0.05, 0.1) is 0 Å². The van der Waals surface area contributed by atoms with Crippen LogP contribution in [-0.4, -0.2) is 12.5 Å². The van der Waals surface area contributed by atoms with E-state index in [1.54, 1.807) is 0 Å². The van der Waals surface area contributed by atoms with Gasteiger partial charge in [0.15, 0.2) is 0 Å². The summed E-state index contributed by atoms with van der Waals surface area (Å²) in [6.45, 7) is 2.51. The van der Waals surface area contributed by atoms with Gasteiger partial charge in [0.1, 0.15) is 0 Å². The summed E-state index contributed by atoms with van der Waals surface area (Å²) in [4.78, 5) is 11.9. The minimum Gasteiger partial charge on any atom is -0.354 e. The normalized spacial score (nSPS) is 11.4. The van der Waals surface area contributed by atoms with Gasteiger partial charge in [-0.25, -0.2) is 0 Å². The number of nitrogens with one attached hydrogen (secondary N) is 1. The van der Waals surface area contributed by atoms with E-state index in [2.05, 4.69) is 27.3 Å². The molecule has 0 bridgehead atoms. The van der Waals surface area contributed by atoms with Crippen molar-refractivity contribution in [1.82, 2.24) is 5.32 Å². The van der Waals surface area contributed by atoms with Crippen LogP contribution in [0.5, 0.6) is 0 Å². The molecule has 124 valence electrons. The zero-order valence-electron chi connectivity index (χ0n) is 13.1. The highest BCUT2D eigenvalue weighted by molar-refractivity contribution is 9.10. The number of carbonyl (C=O) groups excluding carboxylic acids is 1. The van der Waals surface area contributed by atoms with Gasteiger partial charge < -0.3 is 11.1 Å². The monoisotopic (exact) mass is 396 g/mol. The van der Waals surface area contributed by atoms with E-state index in [1.165, 1.54) is 11.1 Å². The molecule has 3 nitrogen and oxygen atoms in total. The molecule has 2 rings (SSSR count). The largest absolute Gasteiger partial charge is 0.354 e. The van der Waals surface area contributed by atoms with Gasteiger partial charge in [0.25, 0.3) is 0 Å². The Kier molecular flexibility index (Phi) is 8.31. The third-order valence-corrected chi connectivity index (χ3v) is 4.50. The number of hydrogen-bond donors (Lipinski definition) is 2. The van der Waals surface area contributed by atoms with E-state index in [9.17, 15) is 4.79 Å². The summed E-state index contributed by atoms with van der Waals surface area (Å²) in [6.07, 6.45) is 1.21. The minimum atomic E-state index is -0.167. The summed E-state index contributed by atoms with van der Waals surface area (Å²) in [5, 5.41) is 2.90. The Hall–Kier alpha value is -1.36. The summed E-state index contributed by atoms with van der Waals surface area (Å²) >= 11 is 3.48. The number of rotatable bonds is 6. The molecule has 0 aliphatic carbocycles. The molecule has 0 heterocycles. The van der Waals surface area contributed by atoms with E-state index < -0.39 is 0 Å². The van der Waals surface area contributed by atoms with E-state index in [0.717, 1.165) is 16.5 Å². The summed E-state index contributed by atoms with van der Waals surface area (Å²) < 4.78 is 1.09. The number of nitrogens with two attached hydrogens (primary N) is 1. The molecular weight excluding hydrogens is 376 g/mol. The van der Waals surface area contributed by atoms with Crippen LogP contribution < -0.4 is 11.1 Å². The van der Waals surface area contributed by atoms with Crippen LogP contribution in [0.3, 0.4) is 0 Å². The number of amides is 1. The SMILES string of the molecule is Cc1cc(CCC(=O)NCC(N)c2ccccc2)ccc1Br.Cl. The number of benzene rings is 2. The lowest BCUT2D eigenvalue weighted by atomic mass is 10.1. The standard InChI is InChI=1S/C18H21BrN2O.ClH/c1-13-11-14(7-9-16(13)19)8-10-18(22)21-12-17(20)15-5-3-2-4-6-15;/h2-7,9,11,17H,8,10,12,20H2,1H3,(H,21,22);1H. The molecular formula is C18H22BrClN2O. The van der Waals surface area contributed by atoms with Crippen LogP contribution in [-0.2, 0) is 11.2 Å². The average Bonchev–Trinajstić information content (AvgIpc) is 2.54. The van der Waals surface area contributed by atoms with Crippen molar-refractivity contribution in [2.75, 3.05) is 6.54 Å². The van der Waals surface area contributed by atoms with E-state index in [0.29, 0.717) is 13.0 Å². The molecule has 23 heavy (non-hydrogen) atoms. The fourth-order valence-corrected chi connectivity index (χ4v) is 2.50. The van der Waals surface area contributed by atoms with E-state index in [1.807, 2.05) is 49.4 Å². The van der Waals surface area contributed by atoms with Crippen LogP contribution in [0.1, 0.15) is 29.2 Å². The first kappa shape index (κ1) is 19.7. The predicted octanol–water partition coefficient (Wildman–Crippen LogP) is 3.93. The van der Waals surface area contributed by atoms with Crippen LogP contribution in [0.4, 0.5) is 0 Å². The topological polar surface area (TPSA) is 55.1 Å². The van der Waals surface area contributed by atoms with E-state index >= 15 is 0 Å². The highest BCUT2D eigenvalue weighted by atomic mass is 79.9. The van der Waals surface area contributed by atoms with Crippen LogP contribution in [0.25, 0.3) is 0 Å². The van der Waals surface area contributed by atoms with E-state index in [-0.39, 0.29) is 24.4 Å². The molecule has 0 aliphatic rings. The molecule has 0 aliphatic heterocycles. The zero-order chi connectivity index (χ0) is 15.9. The van der Waals surface area contributed by atoms with Crippen molar-refractivity contribution in [2.45, 2.75) is 25.8 Å².